The number of benzene rings is 11. The number of rotatable bonds is 4. The maximum atomic E-state index is 2.52. The van der Waals surface area contributed by atoms with E-state index in [4.69, 9.17) is 0 Å². The SMILES string of the molecule is c1ccc(C2(c3ccccc3)c3cc(-c4ccc5ccc6cccc7ccc4c5c67)ccc3-c3ccc4c(-c5cccc6ccccc56)cccc4c32)cc1. The zero-order valence-electron chi connectivity index (χ0n) is 30.1. The fraction of sp³-hybridized carbons (Fsp3) is 0.0182. The molecule has 0 N–H and O–H groups in total. The van der Waals surface area contributed by atoms with E-state index in [1.807, 2.05) is 0 Å². The van der Waals surface area contributed by atoms with Gasteiger partial charge in [0.1, 0.15) is 0 Å². The van der Waals surface area contributed by atoms with Gasteiger partial charge >= 0.3 is 0 Å². The Balaban J connectivity index is 1.18. The molecule has 12 rings (SSSR count). The largest absolute Gasteiger partial charge is 0.0719 e. The summed E-state index contributed by atoms with van der Waals surface area (Å²) in [5.74, 6) is 0. The molecule has 0 unspecified atom stereocenters. The van der Waals surface area contributed by atoms with Gasteiger partial charge in [-0.25, -0.2) is 0 Å². The molecule has 0 heteroatoms. The van der Waals surface area contributed by atoms with Crippen molar-refractivity contribution in [2.75, 3.05) is 0 Å². The first-order chi connectivity index (χ1) is 27.3. The van der Waals surface area contributed by atoms with Gasteiger partial charge in [0.15, 0.2) is 0 Å². The molecule has 0 fully saturated rings. The van der Waals surface area contributed by atoms with Gasteiger partial charge in [-0.2, -0.15) is 0 Å². The Bertz CT molecular complexity index is 3240. The normalized spacial score (nSPS) is 13.2. The maximum Gasteiger partial charge on any atom is 0.0719 e. The molecule has 0 atom stereocenters. The second kappa shape index (κ2) is 11.5. The first-order valence-corrected chi connectivity index (χ1v) is 19.3. The van der Waals surface area contributed by atoms with E-state index in [0.717, 1.165) is 0 Å². The summed E-state index contributed by atoms with van der Waals surface area (Å²) in [4.78, 5) is 0. The monoisotopic (exact) mass is 694 g/mol. The number of fused-ring (bicyclic) bond motifs is 6. The lowest BCUT2D eigenvalue weighted by atomic mass is 9.66. The van der Waals surface area contributed by atoms with E-state index in [9.17, 15) is 0 Å². The van der Waals surface area contributed by atoms with Crippen LogP contribution in [0.5, 0.6) is 0 Å². The molecule has 1 aliphatic rings. The Labute approximate surface area is 319 Å². The van der Waals surface area contributed by atoms with Gasteiger partial charge in [0, 0.05) is 0 Å². The molecule has 0 saturated carbocycles. The molecule has 0 amide bonds. The Morgan fingerprint density at radius 1 is 0.273 bits per heavy atom. The van der Waals surface area contributed by atoms with Crippen molar-refractivity contribution < 1.29 is 0 Å². The van der Waals surface area contributed by atoms with Crippen molar-refractivity contribution in [2.45, 2.75) is 5.41 Å². The molecule has 0 aliphatic heterocycles. The molecule has 11 aromatic carbocycles. The molecule has 0 radical (unpaired) electrons. The zero-order valence-corrected chi connectivity index (χ0v) is 30.1. The quantitative estimate of drug-likeness (QED) is 0.161. The van der Waals surface area contributed by atoms with Crippen LogP contribution in [0, 0.1) is 0 Å². The van der Waals surface area contributed by atoms with E-state index in [0.29, 0.717) is 0 Å². The van der Waals surface area contributed by atoms with E-state index in [2.05, 4.69) is 206 Å². The van der Waals surface area contributed by atoms with Crippen LogP contribution in [0.2, 0.25) is 0 Å². The highest BCUT2D eigenvalue weighted by Gasteiger charge is 2.47. The van der Waals surface area contributed by atoms with Crippen molar-refractivity contribution in [2.24, 2.45) is 0 Å². The first kappa shape index (κ1) is 30.4. The van der Waals surface area contributed by atoms with Gasteiger partial charge in [0.25, 0.3) is 0 Å². The molecule has 0 bridgehead atoms. The summed E-state index contributed by atoms with van der Waals surface area (Å²) in [6.45, 7) is 0. The van der Waals surface area contributed by atoms with Crippen molar-refractivity contribution in [3.63, 3.8) is 0 Å². The van der Waals surface area contributed by atoms with Gasteiger partial charge in [-0.1, -0.05) is 200 Å². The third-order valence-electron chi connectivity index (χ3n) is 12.5. The fourth-order valence-electron chi connectivity index (χ4n) is 10.2. The highest BCUT2D eigenvalue weighted by Crippen LogP contribution is 2.59. The lowest BCUT2D eigenvalue weighted by Crippen LogP contribution is -2.29. The molecular weight excluding hydrogens is 661 g/mol. The molecule has 0 heterocycles. The summed E-state index contributed by atoms with van der Waals surface area (Å²) in [6.07, 6.45) is 0. The van der Waals surface area contributed by atoms with Crippen LogP contribution in [-0.4, -0.2) is 0 Å². The fourth-order valence-corrected chi connectivity index (χ4v) is 10.2. The average molecular weight is 695 g/mol. The van der Waals surface area contributed by atoms with Crippen molar-refractivity contribution in [3.05, 3.63) is 229 Å². The maximum absolute atomic E-state index is 2.52. The standard InChI is InChI=1S/C55H34/c1-3-16-40(17-4-1)55(41-18-5-2-6-19-41)51-34-39(43-29-26-38-25-24-36-14-9-15-37-27-31-48(43)53(38)52(36)37)28-30-47(51)50-33-32-46-45(22-11-23-49(46)54(50)55)44-21-10-13-35-12-7-8-20-42(35)44/h1-34H. The Kier molecular flexibility index (Phi) is 6.36. The minimum absolute atomic E-state index is 0.552. The summed E-state index contributed by atoms with van der Waals surface area (Å²) >= 11 is 0. The van der Waals surface area contributed by atoms with Gasteiger partial charge in [0.2, 0.25) is 0 Å². The second-order valence-electron chi connectivity index (χ2n) is 15.1. The van der Waals surface area contributed by atoms with Crippen molar-refractivity contribution in [3.8, 4) is 33.4 Å². The van der Waals surface area contributed by atoms with Gasteiger partial charge in [-0.3, -0.25) is 0 Å². The second-order valence-corrected chi connectivity index (χ2v) is 15.1. The topological polar surface area (TPSA) is 0 Å². The Morgan fingerprint density at radius 2 is 0.800 bits per heavy atom. The summed E-state index contributed by atoms with van der Waals surface area (Å²) in [6, 6.07) is 77.3. The molecular formula is C55H34. The molecule has 0 saturated heterocycles. The van der Waals surface area contributed by atoms with Crippen LogP contribution in [-0.2, 0) is 5.41 Å². The summed E-state index contributed by atoms with van der Waals surface area (Å²) in [7, 11) is 0. The summed E-state index contributed by atoms with van der Waals surface area (Å²) in [5.41, 5.74) is 12.3. The zero-order chi connectivity index (χ0) is 36.1. The summed E-state index contributed by atoms with van der Waals surface area (Å²) in [5, 5.41) is 13.0. The molecule has 1 aliphatic carbocycles. The van der Waals surface area contributed by atoms with Gasteiger partial charge < -0.3 is 0 Å². The third kappa shape index (κ3) is 4.17. The van der Waals surface area contributed by atoms with Crippen LogP contribution in [0.4, 0.5) is 0 Å². The van der Waals surface area contributed by atoms with E-state index in [1.165, 1.54) is 109 Å². The van der Waals surface area contributed by atoms with E-state index in [-0.39, 0.29) is 0 Å². The van der Waals surface area contributed by atoms with Crippen LogP contribution in [0.15, 0.2) is 206 Å². The molecule has 55 heavy (non-hydrogen) atoms. The van der Waals surface area contributed by atoms with Crippen molar-refractivity contribution in [1.29, 1.82) is 0 Å². The average Bonchev–Trinajstić information content (AvgIpc) is 3.56. The van der Waals surface area contributed by atoms with Gasteiger partial charge in [-0.15, -0.1) is 0 Å². The minimum Gasteiger partial charge on any atom is -0.0622 e. The molecule has 254 valence electrons. The molecule has 0 nitrogen and oxygen atoms in total. The highest BCUT2D eigenvalue weighted by atomic mass is 14.5. The predicted molar refractivity (Wildman–Crippen MR) is 233 cm³/mol. The Morgan fingerprint density at radius 3 is 1.58 bits per heavy atom. The Hall–Kier alpha value is -7.02. The van der Waals surface area contributed by atoms with Crippen molar-refractivity contribution in [1.82, 2.24) is 0 Å². The highest BCUT2D eigenvalue weighted by molar-refractivity contribution is 6.25. The third-order valence-corrected chi connectivity index (χ3v) is 12.5. The lowest BCUT2D eigenvalue weighted by Gasteiger charge is -2.35. The van der Waals surface area contributed by atoms with Gasteiger partial charge in [0.05, 0.1) is 5.41 Å². The van der Waals surface area contributed by atoms with Crippen LogP contribution in [0.1, 0.15) is 22.3 Å². The van der Waals surface area contributed by atoms with Crippen LogP contribution in [0.3, 0.4) is 0 Å². The van der Waals surface area contributed by atoms with E-state index >= 15 is 0 Å². The van der Waals surface area contributed by atoms with Crippen LogP contribution >= 0.6 is 0 Å². The van der Waals surface area contributed by atoms with Gasteiger partial charge in [-0.05, 0) is 116 Å². The molecule has 0 spiro atoms. The molecule has 11 aromatic rings. The number of hydrogen-bond donors (Lipinski definition) is 0. The van der Waals surface area contributed by atoms with Crippen LogP contribution < -0.4 is 0 Å². The van der Waals surface area contributed by atoms with Crippen LogP contribution in [0.25, 0.3) is 87.2 Å². The van der Waals surface area contributed by atoms with E-state index < -0.39 is 5.41 Å². The first-order valence-electron chi connectivity index (χ1n) is 19.3. The number of hydrogen-bond acceptors (Lipinski definition) is 0. The smallest absolute Gasteiger partial charge is 0.0622 e. The molecule has 0 aromatic heterocycles. The summed E-state index contributed by atoms with van der Waals surface area (Å²) < 4.78 is 0. The minimum atomic E-state index is -0.552. The van der Waals surface area contributed by atoms with E-state index in [1.54, 1.807) is 0 Å². The lowest BCUT2D eigenvalue weighted by molar-refractivity contribution is 0.776. The van der Waals surface area contributed by atoms with Crippen molar-refractivity contribution >= 4 is 53.9 Å². The predicted octanol–water partition coefficient (Wildman–Crippen LogP) is 14.6.